The van der Waals surface area contributed by atoms with E-state index in [0.29, 0.717) is 25.3 Å². The van der Waals surface area contributed by atoms with Crippen LogP contribution in [0, 0.1) is 25.2 Å². The molecule has 1 aromatic rings. The van der Waals surface area contributed by atoms with Crippen molar-refractivity contribution in [2.75, 3.05) is 33.4 Å². The Labute approximate surface area is 120 Å². The van der Waals surface area contributed by atoms with E-state index in [-0.39, 0.29) is 6.61 Å². The van der Waals surface area contributed by atoms with Crippen LogP contribution < -0.4 is 10.1 Å². The van der Waals surface area contributed by atoms with Crippen molar-refractivity contribution in [1.29, 1.82) is 5.26 Å². The maximum Gasteiger partial charge on any atom is 0.125 e. The van der Waals surface area contributed by atoms with Gasteiger partial charge in [0.1, 0.15) is 18.5 Å². The van der Waals surface area contributed by atoms with E-state index in [1.54, 1.807) is 19.2 Å². The molecule has 0 fully saturated rings. The quantitative estimate of drug-likeness (QED) is 0.698. The zero-order valence-electron chi connectivity index (χ0n) is 12.3. The highest BCUT2D eigenvalue weighted by molar-refractivity contribution is 5.47. The molecule has 0 saturated carbocycles. The monoisotopic (exact) mass is 278 g/mol. The number of methoxy groups -OCH3 is 1. The van der Waals surface area contributed by atoms with Gasteiger partial charge in [0.2, 0.25) is 0 Å². The van der Waals surface area contributed by atoms with Crippen LogP contribution in [0.25, 0.3) is 0 Å². The molecule has 0 aliphatic rings. The third kappa shape index (κ3) is 5.17. The van der Waals surface area contributed by atoms with Gasteiger partial charge in [0.15, 0.2) is 0 Å². The lowest BCUT2D eigenvalue weighted by molar-refractivity contribution is 0.103. The van der Waals surface area contributed by atoms with Crippen molar-refractivity contribution in [3.63, 3.8) is 0 Å². The van der Waals surface area contributed by atoms with Gasteiger partial charge in [-0.05, 0) is 37.1 Å². The highest BCUT2D eigenvalue weighted by atomic mass is 16.5. The Balaban J connectivity index is 2.47. The predicted molar refractivity (Wildman–Crippen MR) is 76.9 cm³/mol. The Bertz CT molecular complexity index is 446. The Morgan fingerprint density at radius 3 is 2.55 bits per heavy atom. The molecule has 0 saturated heterocycles. The van der Waals surface area contributed by atoms with Crippen molar-refractivity contribution in [2.24, 2.45) is 0 Å². The molecule has 5 heteroatoms. The number of benzene rings is 1. The van der Waals surface area contributed by atoms with Crippen molar-refractivity contribution in [2.45, 2.75) is 20.0 Å². The lowest BCUT2D eigenvalue weighted by atomic mass is 10.1. The summed E-state index contributed by atoms with van der Waals surface area (Å²) in [5, 5.41) is 21.8. The average molecular weight is 278 g/mol. The third-order valence-electron chi connectivity index (χ3n) is 2.87. The molecular formula is C15H22N2O3. The summed E-state index contributed by atoms with van der Waals surface area (Å²) in [6, 6.07) is 5.68. The second-order valence-electron chi connectivity index (χ2n) is 4.71. The van der Waals surface area contributed by atoms with Gasteiger partial charge in [-0.25, -0.2) is 0 Å². The first-order valence-electron chi connectivity index (χ1n) is 6.60. The third-order valence-corrected chi connectivity index (χ3v) is 2.87. The molecule has 0 aliphatic heterocycles. The summed E-state index contributed by atoms with van der Waals surface area (Å²) in [5.74, 6) is 0.736. The van der Waals surface area contributed by atoms with E-state index in [2.05, 4.69) is 11.4 Å². The van der Waals surface area contributed by atoms with Crippen molar-refractivity contribution < 1.29 is 14.6 Å². The number of aryl methyl sites for hydroxylation is 2. The van der Waals surface area contributed by atoms with Crippen LogP contribution in [0.5, 0.6) is 5.75 Å². The van der Waals surface area contributed by atoms with E-state index in [0.717, 1.165) is 16.9 Å². The number of ether oxygens (including phenoxy) is 2. The van der Waals surface area contributed by atoms with Gasteiger partial charge in [-0.15, -0.1) is 0 Å². The first-order valence-corrected chi connectivity index (χ1v) is 6.60. The highest BCUT2D eigenvalue weighted by Crippen LogP contribution is 2.24. The van der Waals surface area contributed by atoms with Gasteiger partial charge in [0.05, 0.1) is 18.2 Å². The first kappa shape index (κ1) is 16.4. The molecule has 1 rings (SSSR count). The minimum absolute atomic E-state index is 0.216. The number of nitriles is 1. The van der Waals surface area contributed by atoms with Gasteiger partial charge in [0, 0.05) is 20.2 Å². The summed E-state index contributed by atoms with van der Waals surface area (Å²) in [6.07, 6.45) is -0.582. The van der Waals surface area contributed by atoms with Gasteiger partial charge < -0.3 is 19.9 Å². The Morgan fingerprint density at radius 1 is 1.35 bits per heavy atom. The smallest absolute Gasteiger partial charge is 0.125 e. The minimum atomic E-state index is -0.582. The van der Waals surface area contributed by atoms with E-state index in [1.165, 1.54) is 0 Å². The fourth-order valence-electron chi connectivity index (χ4n) is 1.92. The number of aliphatic hydroxyl groups is 1. The number of rotatable bonds is 8. The normalized spacial score (nSPS) is 11.9. The molecule has 0 aliphatic carbocycles. The van der Waals surface area contributed by atoms with E-state index in [1.807, 2.05) is 13.8 Å². The fraction of sp³-hybridized carbons (Fsp3) is 0.533. The van der Waals surface area contributed by atoms with E-state index < -0.39 is 6.10 Å². The summed E-state index contributed by atoms with van der Waals surface area (Å²) >= 11 is 0. The predicted octanol–water partition coefficient (Wildman–Crippen LogP) is 1.15. The minimum Gasteiger partial charge on any atom is -0.490 e. The fourth-order valence-corrected chi connectivity index (χ4v) is 1.92. The van der Waals surface area contributed by atoms with Crippen LogP contribution >= 0.6 is 0 Å². The molecule has 0 radical (unpaired) electrons. The Kier molecular flexibility index (Phi) is 7.02. The molecule has 1 unspecified atom stereocenters. The van der Waals surface area contributed by atoms with Crippen molar-refractivity contribution in [3.05, 3.63) is 28.8 Å². The van der Waals surface area contributed by atoms with Gasteiger partial charge in [-0.2, -0.15) is 5.26 Å². The summed E-state index contributed by atoms with van der Waals surface area (Å²) in [6.45, 7) is 5.77. The topological polar surface area (TPSA) is 74.5 Å². The van der Waals surface area contributed by atoms with Gasteiger partial charge in [-0.1, -0.05) is 0 Å². The Hall–Kier alpha value is -1.61. The second kappa shape index (κ2) is 8.54. The molecule has 110 valence electrons. The van der Waals surface area contributed by atoms with Crippen molar-refractivity contribution in [1.82, 2.24) is 5.32 Å². The maximum absolute atomic E-state index is 9.81. The molecule has 2 N–H and O–H groups in total. The van der Waals surface area contributed by atoms with Crippen LogP contribution in [-0.2, 0) is 4.74 Å². The number of aliphatic hydroxyl groups excluding tert-OH is 1. The van der Waals surface area contributed by atoms with E-state index >= 15 is 0 Å². The lowest BCUT2D eigenvalue weighted by Crippen LogP contribution is -2.33. The number of hydrogen-bond donors (Lipinski definition) is 2. The molecule has 1 aromatic carbocycles. The van der Waals surface area contributed by atoms with Crippen LogP contribution in [0.15, 0.2) is 12.1 Å². The lowest BCUT2D eigenvalue weighted by Gasteiger charge is -2.16. The molecule has 0 heterocycles. The summed E-state index contributed by atoms with van der Waals surface area (Å²) in [7, 11) is 1.64. The molecular weight excluding hydrogens is 256 g/mol. The molecule has 0 aromatic heterocycles. The van der Waals surface area contributed by atoms with E-state index in [9.17, 15) is 5.11 Å². The average Bonchev–Trinajstić information content (AvgIpc) is 2.42. The van der Waals surface area contributed by atoms with Crippen molar-refractivity contribution in [3.8, 4) is 11.8 Å². The largest absolute Gasteiger partial charge is 0.490 e. The molecule has 5 nitrogen and oxygen atoms in total. The standard InChI is InChI=1S/C15H22N2O3/c1-11-6-13(8-16)7-12(2)15(11)20-10-14(18)9-17-4-5-19-3/h6-7,14,17-18H,4-5,9-10H2,1-3H3. The van der Waals surface area contributed by atoms with Crippen LogP contribution in [0.3, 0.4) is 0 Å². The molecule has 0 amide bonds. The highest BCUT2D eigenvalue weighted by Gasteiger charge is 2.09. The zero-order chi connectivity index (χ0) is 15.0. The zero-order valence-corrected chi connectivity index (χ0v) is 12.3. The van der Waals surface area contributed by atoms with Crippen LogP contribution in [0.1, 0.15) is 16.7 Å². The number of nitrogens with zero attached hydrogens (tertiary/aromatic N) is 1. The molecule has 0 spiro atoms. The van der Waals surface area contributed by atoms with Crippen molar-refractivity contribution >= 4 is 0 Å². The van der Waals surface area contributed by atoms with Gasteiger partial charge >= 0.3 is 0 Å². The first-order chi connectivity index (χ1) is 9.58. The maximum atomic E-state index is 9.81. The van der Waals surface area contributed by atoms with Crippen LogP contribution in [-0.4, -0.2) is 44.6 Å². The SMILES string of the molecule is COCCNCC(O)COc1c(C)cc(C#N)cc1C. The number of hydrogen-bond acceptors (Lipinski definition) is 5. The van der Waals surface area contributed by atoms with Crippen LogP contribution in [0.2, 0.25) is 0 Å². The molecule has 0 bridgehead atoms. The second-order valence-corrected chi connectivity index (χ2v) is 4.71. The van der Waals surface area contributed by atoms with Gasteiger partial charge in [0.25, 0.3) is 0 Å². The Morgan fingerprint density at radius 2 is 2.00 bits per heavy atom. The van der Waals surface area contributed by atoms with Crippen LogP contribution in [0.4, 0.5) is 0 Å². The van der Waals surface area contributed by atoms with E-state index in [4.69, 9.17) is 14.7 Å². The molecule has 20 heavy (non-hydrogen) atoms. The van der Waals surface area contributed by atoms with Gasteiger partial charge in [-0.3, -0.25) is 0 Å². The number of nitrogens with one attached hydrogen (secondary N) is 1. The summed E-state index contributed by atoms with van der Waals surface area (Å²) < 4.78 is 10.6. The summed E-state index contributed by atoms with van der Waals surface area (Å²) in [5.41, 5.74) is 2.43. The summed E-state index contributed by atoms with van der Waals surface area (Å²) in [4.78, 5) is 0. The molecule has 1 atom stereocenters.